The molecule has 0 saturated carbocycles. The molecule has 1 N–H and O–H groups in total. The van der Waals surface area contributed by atoms with Crippen molar-refractivity contribution in [2.24, 2.45) is 0 Å². The third kappa shape index (κ3) is 1.94. The monoisotopic (exact) mass is 200 g/mol. The van der Waals surface area contributed by atoms with Gasteiger partial charge in [0, 0.05) is 17.8 Å². The highest BCUT2D eigenvalue weighted by Gasteiger charge is 2.09. The highest BCUT2D eigenvalue weighted by Crippen LogP contribution is 2.23. The van der Waals surface area contributed by atoms with Crippen LogP contribution in [0.1, 0.15) is 35.2 Å². The van der Waals surface area contributed by atoms with Crippen molar-refractivity contribution < 1.29 is 0 Å². The quantitative estimate of drug-likeness (QED) is 0.792. The number of hydrogen-bond acceptors (Lipinski definition) is 1. The van der Waals surface area contributed by atoms with Crippen LogP contribution in [0.25, 0.3) is 0 Å². The van der Waals surface area contributed by atoms with Crippen LogP contribution in [0.4, 0.5) is 0 Å². The zero-order valence-electron chi connectivity index (χ0n) is 9.41. The lowest BCUT2D eigenvalue weighted by atomic mass is 9.95. The van der Waals surface area contributed by atoms with Gasteiger partial charge in [-0.25, -0.2) is 4.98 Å². The fourth-order valence-electron chi connectivity index (χ4n) is 1.72. The number of rotatable bonds is 2. The minimum atomic E-state index is 0.381. The molecule has 0 saturated heterocycles. The number of aromatic nitrogens is 2. The van der Waals surface area contributed by atoms with Gasteiger partial charge in [0.05, 0.1) is 6.33 Å². The number of hydrogen-bond donors (Lipinski definition) is 1. The first-order valence-electron chi connectivity index (χ1n) is 5.24. The summed E-state index contributed by atoms with van der Waals surface area (Å²) in [6.07, 6.45) is 3.62. The van der Waals surface area contributed by atoms with E-state index in [9.17, 15) is 0 Å². The third-order valence-corrected chi connectivity index (χ3v) is 3.02. The van der Waals surface area contributed by atoms with Crippen molar-refractivity contribution in [3.63, 3.8) is 0 Å². The molecule has 0 amide bonds. The van der Waals surface area contributed by atoms with Crippen molar-refractivity contribution in [1.29, 1.82) is 0 Å². The molecule has 0 aliphatic carbocycles. The van der Waals surface area contributed by atoms with E-state index in [4.69, 9.17) is 0 Å². The minimum Gasteiger partial charge on any atom is -0.348 e. The Morgan fingerprint density at radius 3 is 2.60 bits per heavy atom. The molecule has 1 aromatic carbocycles. The van der Waals surface area contributed by atoms with Gasteiger partial charge in [-0.15, -0.1) is 0 Å². The molecule has 0 aliphatic rings. The van der Waals surface area contributed by atoms with Crippen molar-refractivity contribution in [2.75, 3.05) is 0 Å². The fourth-order valence-corrected chi connectivity index (χ4v) is 1.72. The Morgan fingerprint density at radius 2 is 2.00 bits per heavy atom. The van der Waals surface area contributed by atoms with Crippen LogP contribution in [0.3, 0.4) is 0 Å². The summed E-state index contributed by atoms with van der Waals surface area (Å²) in [6, 6.07) is 6.62. The van der Waals surface area contributed by atoms with E-state index in [1.165, 1.54) is 22.4 Å². The predicted molar refractivity (Wildman–Crippen MR) is 62.0 cm³/mol. The number of nitrogens with zero attached hydrogens (tertiary/aromatic N) is 1. The lowest BCUT2D eigenvalue weighted by Gasteiger charge is -2.11. The standard InChI is InChI=1S/C13H16N2/c1-9-4-5-12(6-10(9)2)11(3)13-7-14-8-15-13/h4-8,11H,1-3H3,(H,14,15)/t11-/m1/s1. The SMILES string of the molecule is Cc1ccc([C@@H](C)c2cnc[nH]2)cc1C. The molecular weight excluding hydrogens is 184 g/mol. The number of aromatic amines is 1. The summed E-state index contributed by atoms with van der Waals surface area (Å²) in [6.45, 7) is 6.48. The highest BCUT2D eigenvalue weighted by molar-refractivity contribution is 5.34. The largest absolute Gasteiger partial charge is 0.348 e. The molecule has 1 heterocycles. The molecule has 0 bridgehead atoms. The first kappa shape index (κ1) is 9.97. The maximum atomic E-state index is 4.05. The Hall–Kier alpha value is -1.57. The fraction of sp³-hybridized carbons (Fsp3) is 0.308. The number of aryl methyl sites for hydroxylation is 2. The van der Waals surface area contributed by atoms with E-state index < -0.39 is 0 Å². The number of benzene rings is 1. The average Bonchev–Trinajstić information content (AvgIpc) is 2.74. The van der Waals surface area contributed by atoms with E-state index in [1.807, 2.05) is 6.20 Å². The van der Waals surface area contributed by atoms with Gasteiger partial charge in [-0.05, 0) is 30.5 Å². The first-order chi connectivity index (χ1) is 7.18. The Bertz CT molecular complexity index is 444. The van der Waals surface area contributed by atoms with Crippen LogP contribution in [0, 0.1) is 13.8 Å². The smallest absolute Gasteiger partial charge is 0.0921 e. The Balaban J connectivity index is 2.34. The predicted octanol–water partition coefficient (Wildman–Crippen LogP) is 3.18. The molecular formula is C13H16N2. The van der Waals surface area contributed by atoms with Gasteiger partial charge in [-0.3, -0.25) is 0 Å². The second-order valence-corrected chi connectivity index (χ2v) is 4.07. The molecule has 2 nitrogen and oxygen atoms in total. The topological polar surface area (TPSA) is 28.7 Å². The summed E-state index contributed by atoms with van der Waals surface area (Å²) in [7, 11) is 0. The van der Waals surface area contributed by atoms with E-state index in [1.54, 1.807) is 6.33 Å². The number of nitrogens with one attached hydrogen (secondary N) is 1. The molecule has 1 aromatic heterocycles. The molecule has 78 valence electrons. The second kappa shape index (κ2) is 3.89. The molecule has 0 fully saturated rings. The Kier molecular flexibility index (Phi) is 2.58. The van der Waals surface area contributed by atoms with Crippen LogP contribution >= 0.6 is 0 Å². The van der Waals surface area contributed by atoms with Gasteiger partial charge < -0.3 is 4.98 Å². The summed E-state index contributed by atoms with van der Waals surface area (Å²) in [5.74, 6) is 0.381. The summed E-state index contributed by atoms with van der Waals surface area (Å²) in [5, 5.41) is 0. The average molecular weight is 200 g/mol. The van der Waals surface area contributed by atoms with Gasteiger partial charge >= 0.3 is 0 Å². The summed E-state index contributed by atoms with van der Waals surface area (Å²) in [4.78, 5) is 7.21. The number of H-pyrrole nitrogens is 1. The molecule has 0 radical (unpaired) electrons. The zero-order chi connectivity index (χ0) is 10.8. The van der Waals surface area contributed by atoms with Gasteiger partial charge in [0.15, 0.2) is 0 Å². The minimum absolute atomic E-state index is 0.381. The Morgan fingerprint density at radius 1 is 1.20 bits per heavy atom. The van der Waals surface area contributed by atoms with Crippen molar-refractivity contribution >= 4 is 0 Å². The summed E-state index contributed by atoms with van der Waals surface area (Å²) in [5.41, 5.74) is 5.19. The van der Waals surface area contributed by atoms with Gasteiger partial charge in [0.1, 0.15) is 0 Å². The zero-order valence-corrected chi connectivity index (χ0v) is 9.41. The second-order valence-electron chi connectivity index (χ2n) is 4.07. The van der Waals surface area contributed by atoms with Crippen LogP contribution < -0.4 is 0 Å². The lowest BCUT2D eigenvalue weighted by Crippen LogP contribution is -1.97. The van der Waals surface area contributed by atoms with Crippen LogP contribution in [0.5, 0.6) is 0 Å². The molecule has 2 aromatic rings. The van der Waals surface area contributed by atoms with Crippen molar-refractivity contribution in [2.45, 2.75) is 26.7 Å². The molecule has 0 aliphatic heterocycles. The van der Waals surface area contributed by atoms with Gasteiger partial charge in [0.2, 0.25) is 0 Å². The summed E-state index contributed by atoms with van der Waals surface area (Å²) >= 11 is 0. The van der Waals surface area contributed by atoms with Crippen molar-refractivity contribution in [3.05, 3.63) is 53.1 Å². The van der Waals surface area contributed by atoms with Crippen LogP contribution in [-0.2, 0) is 0 Å². The molecule has 2 heteroatoms. The van der Waals surface area contributed by atoms with Crippen LogP contribution in [-0.4, -0.2) is 9.97 Å². The molecule has 0 spiro atoms. The molecule has 15 heavy (non-hydrogen) atoms. The van der Waals surface area contributed by atoms with Crippen LogP contribution in [0.15, 0.2) is 30.7 Å². The number of imidazole rings is 1. The van der Waals surface area contributed by atoms with Crippen LogP contribution in [0.2, 0.25) is 0 Å². The normalized spacial score (nSPS) is 12.7. The Labute approximate surface area is 90.4 Å². The molecule has 0 unspecified atom stereocenters. The van der Waals surface area contributed by atoms with E-state index in [2.05, 4.69) is 48.9 Å². The maximum Gasteiger partial charge on any atom is 0.0921 e. The first-order valence-corrected chi connectivity index (χ1v) is 5.24. The molecule has 1 atom stereocenters. The van der Waals surface area contributed by atoms with Crippen molar-refractivity contribution in [3.8, 4) is 0 Å². The van der Waals surface area contributed by atoms with Gasteiger partial charge in [0.25, 0.3) is 0 Å². The van der Waals surface area contributed by atoms with Gasteiger partial charge in [-0.1, -0.05) is 25.1 Å². The summed E-state index contributed by atoms with van der Waals surface area (Å²) < 4.78 is 0. The lowest BCUT2D eigenvalue weighted by molar-refractivity contribution is 0.880. The van der Waals surface area contributed by atoms with Crippen molar-refractivity contribution in [1.82, 2.24) is 9.97 Å². The maximum absolute atomic E-state index is 4.05. The van der Waals surface area contributed by atoms with E-state index in [-0.39, 0.29) is 0 Å². The van der Waals surface area contributed by atoms with Gasteiger partial charge in [-0.2, -0.15) is 0 Å². The van der Waals surface area contributed by atoms with E-state index in [0.717, 1.165) is 0 Å². The van der Waals surface area contributed by atoms with E-state index in [0.29, 0.717) is 5.92 Å². The molecule has 2 rings (SSSR count). The third-order valence-electron chi connectivity index (χ3n) is 3.02. The van der Waals surface area contributed by atoms with E-state index >= 15 is 0 Å². The highest BCUT2D eigenvalue weighted by atomic mass is 14.9.